The molecule has 1 unspecified atom stereocenters. The summed E-state index contributed by atoms with van der Waals surface area (Å²) in [6.07, 6.45) is -1.45. The maximum absolute atomic E-state index is 12.8. The fourth-order valence-corrected chi connectivity index (χ4v) is 3.10. The standard InChI is InChI=1S/C18H19F3N2O2/c1-10-2-4-12(13-6-7-25-9-15(13)17(22)23-10)14-5-3-11(8-16(14)24)18(19,20)21/h3-5,8,10,24H,2,6-7,9H2,1H3,(H2,22,23)/b12-4-. The van der Waals surface area contributed by atoms with E-state index in [0.717, 1.165) is 23.3 Å². The highest BCUT2D eigenvalue weighted by Gasteiger charge is 2.32. The van der Waals surface area contributed by atoms with Gasteiger partial charge in [0.2, 0.25) is 0 Å². The molecule has 0 bridgehead atoms. The van der Waals surface area contributed by atoms with E-state index in [2.05, 4.69) is 4.99 Å². The highest BCUT2D eigenvalue weighted by molar-refractivity contribution is 6.02. The number of nitrogens with two attached hydrogens (primary N) is 1. The van der Waals surface area contributed by atoms with E-state index in [1.54, 1.807) is 0 Å². The second-order valence-corrected chi connectivity index (χ2v) is 6.21. The summed E-state index contributed by atoms with van der Waals surface area (Å²) in [7, 11) is 0. The summed E-state index contributed by atoms with van der Waals surface area (Å²) in [6.45, 7) is 2.69. The lowest BCUT2D eigenvalue weighted by Crippen LogP contribution is -2.27. The summed E-state index contributed by atoms with van der Waals surface area (Å²) < 4.78 is 44.0. The molecule has 3 rings (SSSR count). The molecule has 25 heavy (non-hydrogen) atoms. The van der Waals surface area contributed by atoms with Crippen molar-refractivity contribution in [2.24, 2.45) is 10.7 Å². The van der Waals surface area contributed by atoms with Gasteiger partial charge in [0.25, 0.3) is 0 Å². The third-order valence-electron chi connectivity index (χ3n) is 4.38. The first-order valence-electron chi connectivity index (χ1n) is 8.02. The topological polar surface area (TPSA) is 67.8 Å². The van der Waals surface area contributed by atoms with Crippen molar-refractivity contribution >= 4 is 11.4 Å². The minimum atomic E-state index is -4.50. The molecule has 0 aliphatic carbocycles. The Morgan fingerprint density at radius 1 is 1.28 bits per heavy atom. The van der Waals surface area contributed by atoms with Crippen LogP contribution in [0.5, 0.6) is 5.75 Å². The number of alkyl halides is 3. The van der Waals surface area contributed by atoms with Crippen LogP contribution in [0, 0.1) is 0 Å². The molecule has 0 aromatic heterocycles. The average Bonchev–Trinajstić information content (AvgIpc) is 2.54. The Morgan fingerprint density at radius 2 is 2.04 bits per heavy atom. The third kappa shape index (κ3) is 3.56. The molecule has 2 aliphatic heterocycles. The predicted octanol–water partition coefficient (Wildman–Crippen LogP) is 3.66. The molecule has 134 valence electrons. The first-order valence-corrected chi connectivity index (χ1v) is 8.02. The summed E-state index contributed by atoms with van der Waals surface area (Å²) in [5.74, 6) is -0.0117. The van der Waals surface area contributed by atoms with E-state index in [4.69, 9.17) is 10.5 Å². The zero-order valence-electron chi connectivity index (χ0n) is 13.7. The van der Waals surface area contributed by atoms with Gasteiger partial charge in [-0.15, -0.1) is 0 Å². The van der Waals surface area contributed by atoms with Crippen LogP contribution in [-0.4, -0.2) is 30.2 Å². The Labute approximate surface area is 143 Å². The monoisotopic (exact) mass is 352 g/mol. The maximum atomic E-state index is 12.8. The minimum absolute atomic E-state index is 0.0671. The quantitative estimate of drug-likeness (QED) is 0.810. The lowest BCUT2D eigenvalue weighted by Gasteiger charge is -2.26. The number of phenols is 1. The molecule has 0 saturated carbocycles. The van der Waals surface area contributed by atoms with Crippen LogP contribution in [0.2, 0.25) is 0 Å². The minimum Gasteiger partial charge on any atom is -0.507 e. The van der Waals surface area contributed by atoms with Crippen LogP contribution in [-0.2, 0) is 10.9 Å². The molecule has 4 nitrogen and oxygen atoms in total. The maximum Gasteiger partial charge on any atom is 0.416 e. The van der Waals surface area contributed by atoms with Gasteiger partial charge in [-0.2, -0.15) is 13.2 Å². The Morgan fingerprint density at radius 3 is 2.72 bits per heavy atom. The fraction of sp³-hybridized carbons (Fsp3) is 0.389. The van der Waals surface area contributed by atoms with Crippen molar-refractivity contribution in [3.63, 3.8) is 0 Å². The third-order valence-corrected chi connectivity index (χ3v) is 4.38. The number of phenolic OH excluding ortho intramolecular Hbond substituents is 1. The largest absolute Gasteiger partial charge is 0.507 e. The lowest BCUT2D eigenvalue weighted by atomic mass is 9.87. The van der Waals surface area contributed by atoms with Gasteiger partial charge in [0.05, 0.1) is 24.8 Å². The molecule has 0 amide bonds. The van der Waals surface area contributed by atoms with Crippen molar-refractivity contribution in [1.29, 1.82) is 0 Å². The van der Waals surface area contributed by atoms with Gasteiger partial charge in [0.15, 0.2) is 0 Å². The van der Waals surface area contributed by atoms with Crippen LogP contribution in [0.1, 0.15) is 30.9 Å². The van der Waals surface area contributed by atoms with E-state index < -0.39 is 17.5 Å². The number of aromatic hydroxyl groups is 1. The molecule has 0 saturated heterocycles. The second-order valence-electron chi connectivity index (χ2n) is 6.21. The molecule has 3 N–H and O–H groups in total. The molecule has 2 aliphatic rings. The van der Waals surface area contributed by atoms with E-state index in [1.807, 2.05) is 13.0 Å². The molecule has 1 aromatic carbocycles. The molecular weight excluding hydrogens is 333 g/mol. The molecular formula is C18H19F3N2O2. The van der Waals surface area contributed by atoms with E-state index >= 15 is 0 Å². The van der Waals surface area contributed by atoms with Gasteiger partial charge in [0.1, 0.15) is 11.6 Å². The van der Waals surface area contributed by atoms with Crippen molar-refractivity contribution in [2.75, 3.05) is 13.2 Å². The van der Waals surface area contributed by atoms with Gasteiger partial charge in [-0.25, -0.2) is 0 Å². The summed E-state index contributed by atoms with van der Waals surface area (Å²) in [4.78, 5) is 4.42. The Bertz CT molecular complexity index is 779. The van der Waals surface area contributed by atoms with Crippen LogP contribution < -0.4 is 5.73 Å². The van der Waals surface area contributed by atoms with Gasteiger partial charge in [-0.05, 0) is 43.0 Å². The van der Waals surface area contributed by atoms with E-state index in [1.165, 1.54) is 6.07 Å². The average molecular weight is 352 g/mol. The number of hydrogen-bond acceptors (Lipinski definition) is 4. The molecule has 0 spiro atoms. The molecule has 7 heteroatoms. The normalized spacial score (nSPS) is 26.0. The summed E-state index contributed by atoms with van der Waals surface area (Å²) >= 11 is 0. The molecule has 1 aromatic rings. The first-order chi connectivity index (χ1) is 11.8. The van der Waals surface area contributed by atoms with E-state index in [-0.39, 0.29) is 6.04 Å². The van der Waals surface area contributed by atoms with Crippen molar-refractivity contribution in [3.05, 3.63) is 46.5 Å². The lowest BCUT2D eigenvalue weighted by molar-refractivity contribution is -0.137. The van der Waals surface area contributed by atoms with Crippen molar-refractivity contribution in [3.8, 4) is 5.75 Å². The highest BCUT2D eigenvalue weighted by Crippen LogP contribution is 2.39. The smallest absolute Gasteiger partial charge is 0.416 e. The van der Waals surface area contributed by atoms with Crippen molar-refractivity contribution < 1.29 is 23.0 Å². The van der Waals surface area contributed by atoms with E-state index in [9.17, 15) is 18.3 Å². The Kier molecular flexibility index (Phi) is 4.60. The van der Waals surface area contributed by atoms with Gasteiger partial charge in [-0.3, -0.25) is 4.99 Å². The number of allylic oxidation sites excluding steroid dienone is 1. The van der Waals surface area contributed by atoms with Crippen LogP contribution in [0.4, 0.5) is 13.2 Å². The number of hydrogen-bond donors (Lipinski definition) is 2. The molecule has 2 heterocycles. The number of aliphatic imine (C=N–C) groups is 1. The van der Waals surface area contributed by atoms with Crippen LogP contribution in [0.3, 0.4) is 0 Å². The van der Waals surface area contributed by atoms with Crippen molar-refractivity contribution in [2.45, 2.75) is 32.0 Å². The highest BCUT2D eigenvalue weighted by atomic mass is 19.4. The number of rotatable bonds is 1. The molecule has 1 atom stereocenters. The van der Waals surface area contributed by atoms with Crippen LogP contribution in [0.15, 0.2) is 40.4 Å². The van der Waals surface area contributed by atoms with Crippen LogP contribution in [0.25, 0.3) is 5.57 Å². The number of amidine groups is 1. The number of nitrogens with zero attached hydrogens (tertiary/aromatic N) is 1. The number of benzene rings is 1. The molecule has 0 fully saturated rings. The van der Waals surface area contributed by atoms with E-state index in [0.29, 0.717) is 43.0 Å². The Balaban J connectivity index is 2.13. The van der Waals surface area contributed by atoms with Gasteiger partial charge >= 0.3 is 6.18 Å². The number of halogens is 3. The van der Waals surface area contributed by atoms with Crippen molar-refractivity contribution in [1.82, 2.24) is 0 Å². The van der Waals surface area contributed by atoms with Gasteiger partial charge in [0, 0.05) is 11.1 Å². The second kappa shape index (κ2) is 6.55. The zero-order valence-corrected chi connectivity index (χ0v) is 13.7. The van der Waals surface area contributed by atoms with Crippen LogP contribution >= 0.6 is 0 Å². The van der Waals surface area contributed by atoms with Gasteiger partial charge in [-0.1, -0.05) is 12.1 Å². The fourth-order valence-electron chi connectivity index (χ4n) is 3.10. The Hall–Kier alpha value is -2.28. The summed E-state index contributed by atoms with van der Waals surface area (Å²) in [5, 5.41) is 10.2. The summed E-state index contributed by atoms with van der Waals surface area (Å²) in [5.41, 5.74) is 7.88. The SMILES string of the molecule is CC1C/C=C(\c2ccc(C(F)(F)F)cc2O)C2=C(COCC2)/C(N)=N\1. The zero-order chi connectivity index (χ0) is 18.2. The summed E-state index contributed by atoms with van der Waals surface area (Å²) in [6, 6.07) is 2.98. The first kappa shape index (κ1) is 17.5. The molecule has 0 radical (unpaired) electrons. The van der Waals surface area contributed by atoms with Gasteiger partial charge < -0.3 is 15.6 Å². The number of ether oxygens (including phenoxy) is 1. The predicted molar refractivity (Wildman–Crippen MR) is 89.2 cm³/mol.